The molecule has 1 saturated heterocycles. The van der Waals surface area contributed by atoms with E-state index in [1.165, 1.54) is 13.2 Å². The molecule has 3 aromatic heterocycles. The van der Waals surface area contributed by atoms with Crippen molar-refractivity contribution in [1.82, 2.24) is 19.9 Å². The first-order chi connectivity index (χ1) is 14.7. The fourth-order valence-electron chi connectivity index (χ4n) is 3.65. The lowest BCUT2D eigenvalue weighted by molar-refractivity contribution is 0.0594. The lowest BCUT2D eigenvalue weighted by atomic mass is 10.1. The Balaban J connectivity index is 1.81. The first kappa shape index (κ1) is 18.8. The van der Waals surface area contributed by atoms with E-state index in [0.29, 0.717) is 54.0 Å². The van der Waals surface area contributed by atoms with Gasteiger partial charge in [0.2, 0.25) is 5.95 Å². The first-order valence-corrected chi connectivity index (χ1v) is 9.89. The van der Waals surface area contributed by atoms with Gasteiger partial charge < -0.3 is 19.4 Å². The Bertz CT molecular complexity index is 1270. The molecule has 4 heterocycles. The molecule has 8 nitrogen and oxygen atoms in total. The fourth-order valence-corrected chi connectivity index (χ4v) is 3.89. The van der Waals surface area contributed by atoms with Crippen LogP contribution in [0.5, 0.6) is 0 Å². The summed E-state index contributed by atoms with van der Waals surface area (Å²) in [4.78, 5) is 31.5. The number of aromatic nitrogens is 4. The molecule has 30 heavy (non-hydrogen) atoms. The third kappa shape index (κ3) is 3.14. The van der Waals surface area contributed by atoms with Crippen molar-refractivity contribution in [1.29, 1.82) is 0 Å². The molecule has 1 aliphatic rings. The van der Waals surface area contributed by atoms with Crippen LogP contribution in [0.15, 0.2) is 36.5 Å². The minimum absolute atomic E-state index is 0.111. The minimum Gasteiger partial charge on any atom is -0.464 e. The second kappa shape index (κ2) is 7.55. The number of H-pyrrole nitrogens is 1. The molecular weight excluding hydrogens is 406 g/mol. The second-order valence-corrected chi connectivity index (χ2v) is 7.30. The highest BCUT2D eigenvalue weighted by Crippen LogP contribution is 2.35. The van der Waals surface area contributed by atoms with Crippen molar-refractivity contribution in [3.05, 3.63) is 47.2 Å². The standard InChI is InChI=1S/C21H18ClN5O3/c1-29-20(28)16-11-14(22)18-19(24-16)17(13-3-2-4-15-12(13)5-6-23-15)25-21(26-18)27-7-9-30-10-8-27/h2-6,11,23H,7-10H2,1H3. The van der Waals surface area contributed by atoms with Gasteiger partial charge in [-0.3, -0.25) is 0 Å². The van der Waals surface area contributed by atoms with Crippen LogP contribution in [0.2, 0.25) is 5.02 Å². The lowest BCUT2D eigenvalue weighted by Crippen LogP contribution is -2.37. The summed E-state index contributed by atoms with van der Waals surface area (Å²) in [5.41, 5.74) is 3.51. The van der Waals surface area contributed by atoms with Crippen LogP contribution in [0.3, 0.4) is 0 Å². The molecule has 4 aromatic rings. The molecule has 0 saturated carbocycles. The number of benzene rings is 1. The largest absolute Gasteiger partial charge is 0.464 e. The van der Waals surface area contributed by atoms with Gasteiger partial charge in [0.1, 0.15) is 16.7 Å². The van der Waals surface area contributed by atoms with Crippen LogP contribution in [0.1, 0.15) is 10.5 Å². The van der Waals surface area contributed by atoms with Crippen molar-refractivity contribution in [3.63, 3.8) is 0 Å². The number of fused-ring (bicyclic) bond motifs is 2. The van der Waals surface area contributed by atoms with Crippen LogP contribution in [-0.4, -0.2) is 59.3 Å². The first-order valence-electron chi connectivity index (χ1n) is 9.51. The van der Waals surface area contributed by atoms with Gasteiger partial charge in [-0.2, -0.15) is 0 Å². The molecule has 1 fully saturated rings. The average molecular weight is 424 g/mol. The number of pyridine rings is 1. The van der Waals surface area contributed by atoms with E-state index in [2.05, 4.69) is 19.9 Å². The Hall–Kier alpha value is -3.23. The smallest absolute Gasteiger partial charge is 0.356 e. The van der Waals surface area contributed by atoms with Gasteiger partial charge in [0.25, 0.3) is 0 Å². The van der Waals surface area contributed by atoms with Crippen LogP contribution in [0.25, 0.3) is 33.2 Å². The summed E-state index contributed by atoms with van der Waals surface area (Å²) in [5, 5.41) is 1.31. The second-order valence-electron chi connectivity index (χ2n) is 6.89. The van der Waals surface area contributed by atoms with Gasteiger partial charge in [0.15, 0.2) is 5.69 Å². The number of morpholine rings is 1. The molecule has 0 amide bonds. The number of hydrogen-bond donors (Lipinski definition) is 1. The Morgan fingerprint density at radius 1 is 1.17 bits per heavy atom. The Kier molecular flexibility index (Phi) is 4.72. The van der Waals surface area contributed by atoms with Gasteiger partial charge in [-0.05, 0) is 18.2 Å². The normalized spacial score (nSPS) is 14.4. The fraction of sp³-hybridized carbons (Fsp3) is 0.238. The van der Waals surface area contributed by atoms with Gasteiger partial charge in [-0.15, -0.1) is 0 Å². The van der Waals surface area contributed by atoms with Crippen LogP contribution >= 0.6 is 11.6 Å². The number of esters is 1. The average Bonchev–Trinajstić information content (AvgIpc) is 3.27. The van der Waals surface area contributed by atoms with Crippen LogP contribution in [0, 0.1) is 0 Å². The summed E-state index contributed by atoms with van der Waals surface area (Å²) >= 11 is 6.54. The van der Waals surface area contributed by atoms with Crippen molar-refractivity contribution in [3.8, 4) is 11.3 Å². The van der Waals surface area contributed by atoms with E-state index in [-0.39, 0.29) is 5.69 Å². The van der Waals surface area contributed by atoms with Crippen LogP contribution in [-0.2, 0) is 9.47 Å². The molecule has 1 aromatic carbocycles. The Morgan fingerprint density at radius 3 is 2.80 bits per heavy atom. The molecule has 0 atom stereocenters. The third-order valence-corrected chi connectivity index (χ3v) is 5.42. The molecular formula is C21H18ClN5O3. The number of aromatic amines is 1. The highest BCUT2D eigenvalue weighted by Gasteiger charge is 2.22. The topological polar surface area (TPSA) is 93.2 Å². The summed E-state index contributed by atoms with van der Waals surface area (Å²) in [6.45, 7) is 2.59. The van der Waals surface area contributed by atoms with Crippen molar-refractivity contribution < 1.29 is 14.3 Å². The van der Waals surface area contributed by atoms with Crippen molar-refractivity contribution in [2.45, 2.75) is 0 Å². The number of anilines is 1. The molecule has 9 heteroatoms. The molecule has 152 valence electrons. The highest BCUT2D eigenvalue weighted by molar-refractivity contribution is 6.35. The maximum atomic E-state index is 12.1. The van der Waals surface area contributed by atoms with Crippen molar-refractivity contribution in [2.24, 2.45) is 0 Å². The van der Waals surface area contributed by atoms with Gasteiger partial charge in [-0.25, -0.2) is 19.7 Å². The molecule has 0 spiro atoms. The predicted octanol–water partition coefficient (Wildman–Crippen LogP) is 3.45. The van der Waals surface area contributed by atoms with Gasteiger partial charge in [-0.1, -0.05) is 23.7 Å². The number of halogens is 1. The van der Waals surface area contributed by atoms with Gasteiger partial charge in [0.05, 0.1) is 25.3 Å². The third-order valence-electron chi connectivity index (χ3n) is 5.13. The maximum absolute atomic E-state index is 12.1. The number of ether oxygens (including phenoxy) is 2. The number of carbonyl (C=O) groups excluding carboxylic acids is 1. The minimum atomic E-state index is -0.568. The highest BCUT2D eigenvalue weighted by atomic mass is 35.5. The van der Waals surface area contributed by atoms with Crippen LogP contribution < -0.4 is 4.90 Å². The summed E-state index contributed by atoms with van der Waals surface area (Å²) < 4.78 is 10.3. The number of hydrogen-bond acceptors (Lipinski definition) is 7. The number of methoxy groups -OCH3 is 1. The van der Waals surface area contributed by atoms with Crippen molar-refractivity contribution >= 4 is 45.5 Å². The summed E-state index contributed by atoms with van der Waals surface area (Å²) in [5.74, 6) is -0.00952. The zero-order valence-electron chi connectivity index (χ0n) is 16.2. The number of rotatable bonds is 3. The molecule has 0 unspecified atom stereocenters. The van der Waals surface area contributed by atoms with Crippen LogP contribution in [0.4, 0.5) is 5.95 Å². The molecule has 0 bridgehead atoms. The van der Waals surface area contributed by atoms with E-state index in [4.69, 9.17) is 26.1 Å². The molecule has 1 N–H and O–H groups in total. The van der Waals surface area contributed by atoms with E-state index >= 15 is 0 Å². The van der Waals surface area contributed by atoms with E-state index < -0.39 is 5.97 Å². The Morgan fingerprint density at radius 2 is 2.00 bits per heavy atom. The van der Waals surface area contributed by atoms with E-state index in [1.54, 1.807) is 0 Å². The van der Waals surface area contributed by atoms with E-state index in [1.807, 2.05) is 30.5 Å². The summed E-state index contributed by atoms with van der Waals surface area (Å²) in [7, 11) is 1.31. The maximum Gasteiger partial charge on any atom is 0.356 e. The molecule has 1 aliphatic heterocycles. The molecule has 5 rings (SSSR count). The Labute approximate surface area is 176 Å². The quantitative estimate of drug-likeness (QED) is 0.504. The SMILES string of the molecule is COC(=O)c1cc(Cl)c2nc(N3CCOCC3)nc(-c3cccc4[nH]ccc34)c2n1. The molecule has 0 radical (unpaired) electrons. The lowest BCUT2D eigenvalue weighted by Gasteiger charge is -2.27. The predicted molar refractivity (Wildman–Crippen MR) is 114 cm³/mol. The monoisotopic (exact) mass is 423 g/mol. The van der Waals surface area contributed by atoms with E-state index in [9.17, 15) is 4.79 Å². The summed E-state index contributed by atoms with van der Waals surface area (Å²) in [6.07, 6.45) is 1.88. The zero-order chi connectivity index (χ0) is 20.7. The van der Waals surface area contributed by atoms with Crippen molar-refractivity contribution in [2.75, 3.05) is 38.3 Å². The number of nitrogens with zero attached hydrogens (tertiary/aromatic N) is 4. The summed E-state index contributed by atoms with van der Waals surface area (Å²) in [6, 6.07) is 9.38. The van der Waals surface area contributed by atoms with Gasteiger partial charge >= 0.3 is 5.97 Å². The van der Waals surface area contributed by atoms with Gasteiger partial charge in [0, 0.05) is 35.8 Å². The number of carbonyl (C=O) groups is 1. The number of nitrogens with one attached hydrogen (secondary N) is 1. The zero-order valence-corrected chi connectivity index (χ0v) is 16.9. The molecule has 0 aliphatic carbocycles. The van der Waals surface area contributed by atoms with E-state index in [0.717, 1.165) is 16.5 Å².